The van der Waals surface area contributed by atoms with Crippen molar-refractivity contribution in [1.82, 2.24) is 0 Å². The average Bonchev–Trinajstić information content (AvgIpc) is 2.84. The Hall–Kier alpha value is -3.56. The molecular formula is C28H22ClNO3S. The zero-order chi connectivity index (χ0) is 24.2. The largest absolute Gasteiger partial charge is 0.369 e. The van der Waals surface area contributed by atoms with E-state index in [0.717, 1.165) is 5.56 Å². The third-order valence-corrected chi connectivity index (χ3v) is 6.95. The molecule has 4 aromatic carbocycles. The second-order valence-electron chi connectivity index (χ2n) is 7.80. The van der Waals surface area contributed by atoms with Crippen LogP contribution in [0, 0.1) is 18.8 Å². The van der Waals surface area contributed by atoms with Gasteiger partial charge in [0.05, 0.1) is 10.6 Å². The zero-order valence-corrected chi connectivity index (χ0v) is 19.9. The number of aliphatic hydroxyl groups is 1. The van der Waals surface area contributed by atoms with Crippen LogP contribution < -0.4 is 4.72 Å². The van der Waals surface area contributed by atoms with Crippen molar-refractivity contribution in [3.8, 4) is 11.8 Å². The lowest BCUT2D eigenvalue weighted by Gasteiger charge is -2.26. The Morgan fingerprint density at radius 3 is 2.12 bits per heavy atom. The summed E-state index contributed by atoms with van der Waals surface area (Å²) in [6, 6.07) is 29.2. The van der Waals surface area contributed by atoms with Gasteiger partial charge in [-0.1, -0.05) is 89.7 Å². The second-order valence-corrected chi connectivity index (χ2v) is 9.92. The van der Waals surface area contributed by atoms with Crippen LogP contribution in [0.3, 0.4) is 0 Å². The maximum absolute atomic E-state index is 13.1. The molecule has 4 aromatic rings. The molecular weight excluding hydrogens is 466 g/mol. The van der Waals surface area contributed by atoms with E-state index in [2.05, 4.69) is 16.6 Å². The van der Waals surface area contributed by atoms with E-state index in [9.17, 15) is 13.5 Å². The van der Waals surface area contributed by atoms with Crippen molar-refractivity contribution >= 4 is 27.3 Å². The maximum Gasteiger partial charge on any atom is 0.261 e. The Balaban J connectivity index is 1.82. The molecule has 0 aromatic heterocycles. The first-order valence-electron chi connectivity index (χ1n) is 10.5. The number of rotatable bonds is 5. The predicted octanol–water partition coefficient (Wildman–Crippen LogP) is 5.74. The van der Waals surface area contributed by atoms with Gasteiger partial charge < -0.3 is 5.11 Å². The van der Waals surface area contributed by atoms with Crippen LogP contribution in [0.2, 0.25) is 5.02 Å². The van der Waals surface area contributed by atoms with Crippen molar-refractivity contribution in [1.29, 1.82) is 0 Å². The van der Waals surface area contributed by atoms with Gasteiger partial charge in [-0.25, -0.2) is 8.42 Å². The lowest BCUT2D eigenvalue weighted by molar-refractivity contribution is 0.146. The molecule has 0 aliphatic rings. The fourth-order valence-corrected chi connectivity index (χ4v) is 4.68. The minimum atomic E-state index is -3.89. The summed E-state index contributed by atoms with van der Waals surface area (Å²) in [7, 11) is -3.89. The summed E-state index contributed by atoms with van der Waals surface area (Å²) < 4.78 is 28.8. The van der Waals surface area contributed by atoms with Gasteiger partial charge in [0.1, 0.15) is 0 Å². The fourth-order valence-electron chi connectivity index (χ4n) is 3.48. The molecule has 0 saturated heterocycles. The molecule has 6 heteroatoms. The lowest BCUT2D eigenvalue weighted by atomic mass is 9.85. The van der Waals surface area contributed by atoms with E-state index in [1.54, 1.807) is 97.1 Å². The number of sulfonamides is 1. The normalized spacial score (nSPS) is 12.8. The van der Waals surface area contributed by atoms with E-state index < -0.39 is 15.6 Å². The first kappa shape index (κ1) is 23.6. The first-order valence-corrected chi connectivity index (χ1v) is 12.4. The van der Waals surface area contributed by atoms with Crippen molar-refractivity contribution < 1.29 is 13.5 Å². The molecule has 1 unspecified atom stereocenters. The molecule has 0 fully saturated rings. The number of hydrogen-bond acceptors (Lipinski definition) is 3. The van der Waals surface area contributed by atoms with Gasteiger partial charge in [0, 0.05) is 21.7 Å². The zero-order valence-electron chi connectivity index (χ0n) is 18.4. The van der Waals surface area contributed by atoms with Gasteiger partial charge in [-0.15, -0.1) is 0 Å². The van der Waals surface area contributed by atoms with Crippen LogP contribution >= 0.6 is 11.6 Å². The van der Waals surface area contributed by atoms with Crippen molar-refractivity contribution in [2.45, 2.75) is 17.4 Å². The van der Waals surface area contributed by atoms with Crippen molar-refractivity contribution in [3.05, 3.63) is 130 Å². The molecule has 34 heavy (non-hydrogen) atoms. The Kier molecular flexibility index (Phi) is 6.76. The molecule has 0 spiro atoms. The van der Waals surface area contributed by atoms with E-state index in [-0.39, 0.29) is 10.6 Å². The summed E-state index contributed by atoms with van der Waals surface area (Å²) >= 11 is 5.97. The maximum atomic E-state index is 13.1. The number of hydrogen-bond donors (Lipinski definition) is 2. The molecule has 0 amide bonds. The van der Waals surface area contributed by atoms with Gasteiger partial charge >= 0.3 is 0 Å². The second kappa shape index (κ2) is 9.74. The highest BCUT2D eigenvalue weighted by molar-refractivity contribution is 7.92. The summed E-state index contributed by atoms with van der Waals surface area (Å²) in [5, 5.41) is 12.5. The molecule has 0 aliphatic heterocycles. The average molecular weight is 488 g/mol. The SMILES string of the molecule is Cc1ccc(S(=O)(=O)Nc2ccccc2C(O)(C#Cc2ccc(Cl)cc2)c2ccccc2)cc1. The molecule has 0 saturated carbocycles. The third kappa shape index (κ3) is 5.16. The van der Waals surface area contributed by atoms with Crippen molar-refractivity contribution in [2.24, 2.45) is 0 Å². The van der Waals surface area contributed by atoms with Gasteiger partial charge in [0.15, 0.2) is 5.60 Å². The summed E-state index contributed by atoms with van der Waals surface area (Å²) in [6.45, 7) is 1.89. The topological polar surface area (TPSA) is 66.4 Å². The molecule has 4 nitrogen and oxygen atoms in total. The summed E-state index contributed by atoms with van der Waals surface area (Å²) in [4.78, 5) is 0.128. The Morgan fingerprint density at radius 2 is 1.44 bits per heavy atom. The van der Waals surface area contributed by atoms with Crippen LogP contribution in [0.25, 0.3) is 0 Å². The van der Waals surface area contributed by atoms with E-state index >= 15 is 0 Å². The smallest absolute Gasteiger partial charge is 0.261 e. The minimum Gasteiger partial charge on any atom is -0.369 e. The van der Waals surface area contributed by atoms with E-state index in [1.807, 2.05) is 13.0 Å². The van der Waals surface area contributed by atoms with Crippen LogP contribution in [0.4, 0.5) is 5.69 Å². The molecule has 0 bridgehead atoms. The standard InChI is InChI=1S/C28H22ClNO3S/c1-21-11-17-25(18-12-21)34(32,33)30-27-10-6-5-9-26(27)28(31,23-7-3-2-4-8-23)20-19-22-13-15-24(29)16-14-22/h2-18,30-31H,1H3. The van der Waals surface area contributed by atoms with Gasteiger partial charge in [-0.05, 0) is 49.4 Å². The first-order chi connectivity index (χ1) is 16.3. The molecule has 1 atom stereocenters. The van der Waals surface area contributed by atoms with Crippen molar-refractivity contribution in [2.75, 3.05) is 4.72 Å². The molecule has 4 rings (SSSR count). The van der Waals surface area contributed by atoms with Crippen LogP contribution in [-0.4, -0.2) is 13.5 Å². The van der Waals surface area contributed by atoms with Crippen molar-refractivity contribution in [3.63, 3.8) is 0 Å². The molecule has 170 valence electrons. The highest BCUT2D eigenvalue weighted by Gasteiger charge is 2.33. The van der Waals surface area contributed by atoms with Gasteiger partial charge in [0.2, 0.25) is 0 Å². The number of aryl methyl sites for hydroxylation is 1. The van der Waals surface area contributed by atoms with E-state index in [1.165, 1.54) is 0 Å². The third-order valence-electron chi connectivity index (χ3n) is 5.32. The summed E-state index contributed by atoms with van der Waals surface area (Å²) in [6.07, 6.45) is 0. The minimum absolute atomic E-state index is 0.128. The van der Waals surface area contributed by atoms with Gasteiger partial charge in [-0.3, -0.25) is 4.72 Å². The Labute approximate surface area is 204 Å². The predicted molar refractivity (Wildman–Crippen MR) is 136 cm³/mol. The number of anilines is 1. The number of para-hydroxylation sites is 1. The molecule has 0 aliphatic carbocycles. The fraction of sp³-hybridized carbons (Fsp3) is 0.0714. The summed E-state index contributed by atoms with van der Waals surface area (Å²) in [5.74, 6) is 5.97. The molecule has 2 N–H and O–H groups in total. The van der Waals surface area contributed by atoms with Gasteiger partial charge in [-0.2, -0.15) is 0 Å². The van der Waals surface area contributed by atoms with Crippen LogP contribution in [-0.2, 0) is 15.6 Å². The highest BCUT2D eigenvalue weighted by Crippen LogP contribution is 2.35. The highest BCUT2D eigenvalue weighted by atomic mass is 35.5. The quantitative estimate of drug-likeness (QED) is 0.353. The lowest BCUT2D eigenvalue weighted by Crippen LogP contribution is -2.27. The van der Waals surface area contributed by atoms with Gasteiger partial charge in [0.25, 0.3) is 10.0 Å². The number of benzene rings is 4. The molecule has 0 radical (unpaired) electrons. The van der Waals surface area contributed by atoms with Crippen LogP contribution in [0.5, 0.6) is 0 Å². The number of nitrogens with one attached hydrogen (secondary N) is 1. The molecule has 0 heterocycles. The monoisotopic (exact) mass is 487 g/mol. The van der Waals surface area contributed by atoms with E-state index in [0.29, 0.717) is 21.7 Å². The van der Waals surface area contributed by atoms with Crippen LogP contribution in [0.1, 0.15) is 22.3 Å². The Bertz CT molecular complexity index is 1460. The van der Waals surface area contributed by atoms with Crippen LogP contribution in [0.15, 0.2) is 108 Å². The summed E-state index contributed by atoms with van der Waals surface area (Å²) in [5.41, 5.74) is 0.899. The number of halogens is 1. The van der Waals surface area contributed by atoms with E-state index in [4.69, 9.17) is 11.6 Å². The Morgan fingerprint density at radius 1 is 0.824 bits per heavy atom.